The van der Waals surface area contributed by atoms with Crippen LogP contribution in [0.3, 0.4) is 0 Å². The van der Waals surface area contributed by atoms with Gasteiger partial charge in [-0.1, -0.05) is 103 Å². The maximum Gasteiger partial charge on any atom is 0.358 e. The van der Waals surface area contributed by atoms with Crippen LogP contribution >= 0.6 is 0 Å². The molecule has 0 atom stereocenters. The van der Waals surface area contributed by atoms with Gasteiger partial charge in [0.1, 0.15) is 5.60 Å². The zero-order chi connectivity index (χ0) is 24.4. The van der Waals surface area contributed by atoms with Gasteiger partial charge in [0.2, 0.25) is 3.57 Å². The van der Waals surface area contributed by atoms with Crippen molar-refractivity contribution >= 4 is 17.9 Å². The Bertz CT molecular complexity index is 1210. The highest BCUT2D eigenvalue weighted by Gasteiger charge is 2.24. The zero-order valence-electron chi connectivity index (χ0n) is 19.8. The summed E-state index contributed by atoms with van der Waals surface area (Å²) in [6, 6.07) is 36.9. The Kier molecular flexibility index (Phi) is 9.37. The minimum Gasteiger partial charge on any atom is -0.382 e. The summed E-state index contributed by atoms with van der Waals surface area (Å²) in [7, 11) is 0. The molecule has 3 heteroatoms. The van der Waals surface area contributed by atoms with E-state index in [1.807, 2.05) is 6.07 Å². The summed E-state index contributed by atoms with van der Waals surface area (Å²) in [4.78, 5) is 11.4. The van der Waals surface area contributed by atoms with Crippen molar-refractivity contribution in [3.8, 4) is 0 Å². The maximum atomic E-state index is 11.4. The Morgan fingerprint density at radius 2 is 1.29 bits per heavy atom. The summed E-state index contributed by atoms with van der Waals surface area (Å²) in [5.74, 6) is -0.247. The predicted octanol–water partition coefficient (Wildman–Crippen LogP) is 3.93. The van der Waals surface area contributed by atoms with Crippen LogP contribution in [0.15, 0.2) is 109 Å². The second kappa shape index (κ2) is 12.4. The molecular weight excluding hydrogens is 531 g/mol. The molecule has 0 bridgehead atoms. The van der Waals surface area contributed by atoms with Gasteiger partial charge >= 0.3 is 21.2 Å². The van der Waals surface area contributed by atoms with Gasteiger partial charge in [0.05, 0.1) is 0 Å². The summed E-state index contributed by atoms with van der Waals surface area (Å²) in [6.07, 6.45) is 4.44. The molecule has 2 nitrogen and oxygen atoms in total. The average molecular weight is 561 g/mol. The van der Waals surface area contributed by atoms with Gasteiger partial charge in [-0.15, -0.1) is 0 Å². The van der Waals surface area contributed by atoms with Crippen molar-refractivity contribution in [1.29, 1.82) is 0 Å². The van der Waals surface area contributed by atoms with E-state index in [1.165, 1.54) is 37.7 Å². The highest BCUT2D eigenvalue weighted by molar-refractivity contribution is 6.01. The molecule has 0 radical (unpaired) electrons. The first-order valence-corrected chi connectivity index (χ1v) is 13.3. The third-order valence-corrected chi connectivity index (χ3v) is 7.88. The van der Waals surface area contributed by atoms with E-state index in [9.17, 15) is 9.90 Å². The van der Waals surface area contributed by atoms with E-state index < -0.39 is 5.60 Å². The minimum atomic E-state index is -1.28. The molecule has 1 N–H and O–H groups in total. The number of carbonyl (C=O) groups is 1. The molecule has 0 aliphatic heterocycles. The number of aryl methyl sites for hydroxylation is 1. The molecule has 0 amide bonds. The molecule has 0 heterocycles. The number of halogens is 1. The SMILES string of the molecule is CC(C)(O)C(=O)c1ccccc1.Cc1ccc(C=Cc2ccccc2[I+]c2ccccc2)cc1. The molecule has 0 saturated heterocycles. The zero-order valence-corrected chi connectivity index (χ0v) is 21.9. The molecule has 34 heavy (non-hydrogen) atoms. The van der Waals surface area contributed by atoms with Crippen molar-refractivity contribution in [1.82, 2.24) is 0 Å². The molecule has 0 aliphatic rings. The molecule has 0 fully saturated rings. The molecule has 4 aromatic rings. The van der Waals surface area contributed by atoms with Crippen molar-refractivity contribution in [2.75, 3.05) is 0 Å². The quantitative estimate of drug-likeness (QED) is 0.220. The smallest absolute Gasteiger partial charge is 0.358 e. The lowest BCUT2D eigenvalue weighted by Crippen LogP contribution is -3.61. The summed E-state index contributed by atoms with van der Waals surface area (Å²) >= 11 is -0.132. The van der Waals surface area contributed by atoms with Gasteiger partial charge in [-0.25, -0.2) is 0 Å². The van der Waals surface area contributed by atoms with Crippen LogP contribution in [0.25, 0.3) is 12.2 Å². The van der Waals surface area contributed by atoms with Crippen molar-refractivity contribution in [2.24, 2.45) is 0 Å². The summed E-state index contributed by atoms with van der Waals surface area (Å²) in [5, 5.41) is 9.39. The Hall–Kier alpha value is -3.02. The fourth-order valence-electron chi connectivity index (χ4n) is 3.10. The highest BCUT2D eigenvalue weighted by Crippen LogP contribution is 2.12. The van der Waals surface area contributed by atoms with Crippen LogP contribution < -0.4 is 21.2 Å². The molecule has 4 aromatic carbocycles. The largest absolute Gasteiger partial charge is 0.382 e. The predicted molar refractivity (Wildman–Crippen MR) is 137 cm³/mol. The molecule has 0 aromatic heterocycles. The highest BCUT2D eigenvalue weighted by atomic mass is 127. The van der Waals surface area contributed by atoms with Gasteiger partial charge in [-0.2, -0.15) is 0 Å². The molecule has 4 rings (SSSR count). The van der Waals surface area contributed by atoms with Gasteiger partial charge in [-0.05, 0) is 50.6 Å². The first-order valence-electron chi connectivity index (χ1n) is 11.2. The molecular formula is C31H30IO2+. The molecule has 0 spiro atoms. The Morgan fingerprint density at radius 1 is 0.735 bits per heavy atom. The topological polar surface area (TPSA) is 37.3 Å². The van der Waals surface area contributed by atoms with Gasteiger partial charge in [-0.3, -0.25) is 4.79 Å². The first kappa shape index (κ1) is 25.6. The number of carbonyl (C=O) groups excluding carboxylic acids is 1. The van der Waals surface area contributed by atoms with E-state index in [4.69, 9.17) is 0 Å². The van der Waals surface area contributed by atoms with Crippen LogP contribution in [0.5, 0.6) is 0 Å². The first-order chi connectivity index (χ1) is 16.3. The van der Waals surface area contributed by atoms with Crippen molar-refractivity contribution in [3.05, 3.63) is 139 Å². The summed E-state index contributed by atoms with van der Waals surface area (Å²) < 4.78 is 2.92. The van der Waals surface area contributed by atoms with Crippen molar-refractivity contribution < 1.29 is 31.1 Å². The number of hydrogen-bond acceptors (Lipinski definition) is 2. The van der Waals surface area contributed by atoms with Gasteiger partial charge < -0.3 is 5.11 Å². The number of rotatable bonds is 6. The van der Waals surface area contributed by atoms with Crippen LogP contribution in [0, 0.1) is 14.1 Å². The van der Waals surface area contributed by atoms with Crippen LogP contribution in [0.4, 0.5) is 0 Å². The summed E-state index contributed by atoms with van der Waals surface area (Å²) in [5.41, 5.74) is 3.15. The third-order valence-electron chi connectivity index (χ3n) is 4.97. The molecule has 172 valence electrons. The standard InChI is InChI=1S/C21H18I.C10H12O2/c1-17-11-13-18(14-12-17)15-16-19-7-5-6-10-21(19)22-20-8-3-2-4-9-20;1-10(2,12)9(11)8-6-4-3-5-7-8/h2-16H,1H3;3-7,12H,1-2H3/q+1;. The van der Waals surface area contributed by atoms with Crippen molar-refractivity contribution in [2.45, 2.75) is 26.4 Å². The minimum absolute atomic E-state index is 0.132. The van der Waals surface area contributed by atoms with E-state index >= 15 is 0 Å². The van der Waals surface area contributed by atoms with E-state index in [0.717, 1.165) is 0 Å². The average Bonchev–Trinajstić information content (AvgIpc) is 2.85. The fourth-order valence-corrected chi connectivity index (χ4v) is 5.60. The lowest BCUT2D eigenvalue weighted by atomic mass is 9.97. The number of hydrogen-bond donors (Lipinski definition) is 1. The summed E-state index contributed by atoms with van der Waals surface area (Å²) in [6.45, 7) is 5.09. The second-order valence-electron chi connectivity index (χ2n) is 8.41. The molecule has 0 saturated carbocycles. The number of ketones is 1. The monoisotopic (exact) mass is 561 g/mol. The van der Waals surface area contributed by atoms with Crippen LogP contribution in [0.2, 0.25) is 0 Å². The Labute approximate surface area is 213 Å². The normalized spacial score (nSPS) is 11.1. The number of Topliss-reactive ketones (excluding diaryl/α,β-unsaturated/α-hetero) is 1. The van der Waals surface area contributed by atoms with Crippen molar-refractivity contribution in [3.63, 3.8) is 0 Å². The molecule has 0 aliphatic carbocycles. The second-order valence-corrected chi connectivity index (χ2v) is 11.4. The van der Waals surface area contributed by atoms with E-state index in [1.54, 1.807) is 24.3 Å². The number of benzene rings is 4. The van der Waals surface area contributed by atoms with Crippen LogP contribution in [-0.4, -0.2) is 16.5 Å². The lowest BCUT2D eigenvalue weighted by molar-refractivity contribution is -0.597. The van der Waals surface area contributed by atoms with Crippen LogP contribution in [-0.2, 0) is 0 Å². The van der Waals surface area contributed by atoms with Crippen LogP contribution in [0.1, 0.15) is 40.9 Å². The Morgan fingerprint density at radius 3 is 1.91 bits per heavy atom. The van der Waals surface area contributed by atoms with Gasteiger partial charge in [0.25, 0.3) is 0 Å². The lowest BCUT2D eigenvalue weighted by Gasteiger charge is -2.14. The van der Waals surface area contributed by atoms with E-state index in [2.05, 4.69) is 97.9 Å². The van der Waals surface area contributed by atoms with Gasteiger partial charge in [0.15, 0.2) is 9.35 Å². The molecule has 0 unspecified atom stereocenters. The fraction of sp³-hybridized carbons (Fsp3) is 0.129. The van der Waals surface area contributed by atoms with Gasteiger partial charge in [0, 0.05) is 11.1 Å². The van der Waals surface area contributed by atoms with E-state index in [-0.39, 0.29) is 27.0 Å². The van der Waals surface area contributed by atoms with E-state index in [0.29, 0.717) is 5.56 Å². The third kappa shape index (κ3) is 8.08. The number of aliphatic hydroxyl groups is 1. The maximum absolute atomic E-state index is 11.4. The Balaban J connectivity index is 0.000000229.